The number of unbranched alkanes of at least 4 members (excludes halogenated alkanes) is 7. The van der Waals surface area contributed by atoms with E-state index < -0.39 is 38.6 Å². The molecule has 0 unspecified atom stereocenters. The van der Waals surface area contributed by atoms with Gasteiger partial charge in [-0.3, -0.25) is 0 Å². The zero-order valence-electron chi connectivity index (χ0n) is 17.4. The van der Waals surface area contributed by atoms with Crippen LogP contribution in [0.5, 0.6) is 11.5 Å². The van der Waals surface area contributed by atoms with E-state index in [4.69, 9.17) is 14.6 Å². The Morgan fingerprint density at radius 3 is 1.62 bits per heavy atom. The summed E-state index contributed by atoms with van der Waals surface area (Å²) in [5.74, 6) is -7.22. The highest BCUT2D eigenvalue weighted by atomic mass is 127. The van der Waals surface area contributed by atoms with E-state index in [1.165, 1.54) is 34.7 Å². The van der Waals surface area contributed by atoms with Gasteiger partial charge in [0, 0.05) is 0 Å². The standard InChI is InChI=1S/C23H25F4IO4/c24-17-19(26)22(20(27)18(25)21(17)28)32-14-8-6-4-2-1-3-5-7-13-31-16-11-9-15(10-12-16)23(29)30/h9-12H,1-8,13-14H2,(H,29,30). The maximum atomic E-state index is 13.7. The third kappa shape index (κ3) is 7.83. The molecule has 1 N–H and O–H groups in total. The minimum atomic E-state index is -1.51. The van der Waals surface area contributed by atoms with E-state index in [1.807, 2.05) is 0 Å². The summed E-state index contributed by atoms with van der Waals surface area (Å²) in [7, 11) is 0. The van der Waals surface area contributed by atoms with Gasteiger partial charge in [-0.25, -0.2) is 13.6 Å². The van der Waals surface area contributed by atoms with Crippen molar-refractivity contribution in [2.24, 2.45) is 0 Å². The van der Waals surface area contributed by atoms with Crippen LogP contribution in [0.2, 0.25) is 0 Å². The Kier molecular flexibility index (Phi) is 11.1. The van der Waals surface area contributed by atoms with E-state index in [0.29, 0.717) is 18.8 Å². The van der Waals surface area contributed by atoms with Gasteiger partial charge in [-0.05, 0) is 59.7 Å². The van der Waals surface area contributed by atoms with Crippen molar-refractivity contribution in [2.45, 2.75) is 51.4 Å². The van der Waals surface area contributed by atoms with Crippen LogP contribution in [0.3, 0.4) is 0 Å². The number of carboxylic acids is 1. The van der Waals surface area contributed by atoms with E-state index in [0.717, 1.165) is 44.9 Å². The molecule has 0 amide bonds. The van der Waals surface area contributed by atoms with Crippen molar-refractivity contribution in [3.8, 4) is 11.5 Å². The fraction of sp³-hybridized carbons (Fsp3) is 0.435. The molecule has 2 aromatic rings. The molecule has 0 saturated heterocycles. The van der Waals surface area contributed by atoms with Crippen LogP contribution >= 0.6 is 22.6 Å². The summed E-state index contributed by atoms with van der Waals surface area (Å²) >= 11 is 1.21. The van der Waals surface area contributed by atoms with Crippen LogP contribution in [0, 0.1) is 26.8 Å². The Balaban J connectivity index is 1.49. The molecule has 0 fully saturated rings. The Labute approximate surface area is 198 Å². The second-order valence-corrected chi connectivity index (χ2v) is 8.33. The van der Waals surface area contributed by atoms with Gasteiger partial charge in [0.1, 0.15) is 5.75 Å². The molecule has 0 saturated carbocycles. The Morgan fingerprint density at radius 1 is 0.719 bits per heavy atom. The first-order chi connectivity index (χ1) is 15.3. The highest BCUT2D eigenvalue weighted by Crippen LogP contribution is 2.30. The molecule has 2 rings (SSSR count). The first-order valence-electron chi connectivity index (χ1n) is 10.4. The minimum absolute atomic E-state index is 0.0158. The smallest absolute Gasteiger partial charge is 0.335 e. The molecule has 176 valence electrons. The predicted octanol–water partition coefficient (Wildman–Crippen LogP) is 7.12. The number of benzene rings is 2. The molecular weight excluding hydrogens is 543 g/mol. The average molecular weight is 568 g/mol. The van der Waals surface area contributed by atoms with Gasteiger partial charge in [-0.1, -0.05) is 38.5 Å². The van der Waals surface area contributed by atoms with E-state index in [2.05, 4.69) is 0 Å². The summed E-state index contributed by atoms with van der Waals surface area (Å²) < 4.78 is 64.2. The number of rotatable bonds is 14. The molecule has 32 heavy (non-hydrogen) atoms. The van der Waals surface area contributed by atoms with Crippen molar-refractivity contribution < 1.29 is 36.9 Å². The van der Waals surface area contributed by atoms with Crippen molar-refractivity contribution in [1.29, 1.82) is 0 Å². The number of halogens is 5. The first-order valence-corrected chi connectivity index (χ1v) is 11.5. The second kappa shape index (κ2) is 13.5. The fourth-order valence-electron chi connectivity index (χ4n) is 3.03. The molecule has 0 heterocycles. The monoisotopic (exact) mass is 568 g/mol. The van der Waals surface area contributed by atoms with Gasteiger partial charge in [0.2, 0.25) is 11.6 Å². The fourth-order valence-corrected chi connectivity index (χ4v) is 3.51. The third-order valence-corrected chi connectivity index (χ3v) is 5.77. The molecule has 0 bridgehead atoms. The third-order valence-electron chi connectivity index (χ3n) is 4.82. The van der Waals surface area contributed by atoms with Crippen LogP contribution < -0.4 is 9.47 Å². The Hall–Kier alpha value is -2.04. The van der Waals surface area contributed by atoms with Crippen LogP contribution in [0.4, 0.5) is 17.6 Å². The normalized spacial score (nSPS) is 10.9. The molecule has 0 aliphatic carbocycles. The summed E-state index contributed by atoms with van der Waals surface area (Å²) in [5, 5.41) is 8.85. The van der Waals surface area contributed by atoms with Gasteiger partial charge in [0.05, 0.1) is 22.3 Å². The zero-order chi connectivity index (χ0) is 23.5. The van der Waals surface area contributed by atoms with Gasteiger partial charge >= 0.3 is 5.97 Å². The summed E-state index contributed by atoms with van der Waals surface area (Å²) in [6.45, 7) is 0.550. The van der Waals surface area contributed by atoms with Gasteiger partial charge < -0.3 is 14.6 Å². The van der Waals surface area contributed by atoms with Crippen LogP contribution in [0.15, 0.2) is 24.3 Å². The summed E-state index contributed by atoms with van der Waals surface area (Å²) in [4.78, 5) is 10.8. The van der Waals surface area contributed by atoms with Crippen LogP contribution in [0.1, 0.15) is 61.7 Å². The van der Waals surface area contributed by atoms with E-state index >= 15 is 0 Å². The number of carbonyl (C=O) groups is 1. The molecule has 0 radical (unpaired) electrons. The number of ether oxygens (including phenoxy) is 2. The molecular formula is C23H25F4IO4. The van der Waals surface area contributed by atoms with Crippen molar-refractivity contribution in [3.05, 3.63) is 56.7 Å². The molecule has 0 aliphatic rings. The maximum absolute atomic E-state index is 13.7. The SMILES string of the molecule is O=C(O)c1ccc(OCCCCCCCCCCOc2c(F)c(F)c(I)c(F)c2F)cc1. The quantitative estimate of drug-likeness (QED) is 0.0867. The molecule has 0 aromatic heterocycles. The number of hydrogen-bond acceptors (Lipinski definition) is 3. The summed E-state index contributed by atoms with van der Waals surface area (Å²) in [5.41, 5.74) is 0.223. The van der Waals surface area contributed by atoms with Gasteiger partial charge in [0.25, 0.3) is 0 Å². The Morgan fingerprint density at radius 2 is 1.16 bits per heavy atom. The van der Waals surface area contributed by atoms with Crippen molar-refractivity contribution in [1.82, 2.24) is 0 Å². The lowest BCUT2D eigenvalue weighted by molar-refractivity contribution is 0.0697. The van der Waals surface area contributed by atoms with Crippen LogP contribution in [-0.2, 0) is 0 Å². The molecule has 9 heteroatoms. The maximum Gasteiger partial charge on any atom is 0.335 e. The van der Waals surface area contributed by atoms with E-state index in [1.54, 1.807) is 12.1 Å². The largest absolute Gasteiger partial charge is 0.494 e. The molecule has 0 atom stereocenters. The predicted molar refractivity (Wildman–Crippen MR) is 120 cm³/mol. The first kappa shape index (κ1) is 26.2. The summed E-state index contributed by atoms with van der Waals surface area (Å²) in [6, 6.07) is 6.29. The molecule has 4 nitrogen and oxygen atoms in total. The van der Waals surface area contributed by atoms with E-state index in [-0.39, 0.29) is 12.2 Å². The van der Waals surface area contributed by atoms with Crippen molar-refractivity contribution in [2.75, 3.05) is 13.2 Å². The van der Waals surface area contributed by atoms with Crippen LogP contribution in [-0.4, -0.2) is 24.3 Å². The lowest BCUT2D eigenvalue weighted by Gasteiger charge is -2.10. The topological polar surface area (TPSA) is 55.8 Å². The van der Waals surface area contributed by atoms with Gasteiger partial charge in [-0.15, -0.1) is 0 Å². The highest BCUT2D eigenvalue weighted by molar-refractivity contribution is 14.1. The van der Waals surface area contributed by atoms with Crippen molar-refractivity contribution in [3.63, 3.8) is 0 Å². The van der Waals surface area contributed by atoms with Gasteiger partial charge in [-0.2, -0.15) is 8.78 Å². The van der Waals surface area contributed by atoms with Gasteiger partial charge in [0.15, 0.2) is 17.4 Å². The molecule has 0 aliphatic heterocycles. The lowest BCUT2D eigenvalue weighted by atomic mass is 10.1. The number of aromatic carboxylic acids is 1. The highest BCUT2D eigenvalue weighted by Gasteiger charge is 2.25. The molecule has 0 spiro atoms. The number of hydrogen-bond donors (Lipinski definition) is 1. The lowest BCUT2D eigenvalue weighted by Crippen LogP contribution is -2.07. The summed E-state index contributed by atoms with van der Waals surface area (Å²) in [6.07, 6.45) is 7.26. The minimum Gasteiger partial charge on any atom is -0.494 e. The number of carboxylic acid groups (broad SMARTS) is 1. The van der Waals surface area contributed by atoms with Crippen LogP contribution in [0.25, 0.3) is 0 Å². The molecule has 2 aromatic carbocycles. The van der Waals surface area contributed by atoms with Crippen molar-refractivity contribution >= 4 is 28.6 Å². The second-order valence-electron chi connectivity index (χ2n) is 7.25. The Bertz CT molecular complexity index is 862. The van der Waals surface area contributed by atoms with E-state index in [9.17, 15) is 22.4 Å². The average Bonchev–Trinajstić information content (AvgIpc) is 2.79. The zero-order valence-corrected chi connectivity index (χ0v) is 19.6.